The maximum absolute atomic E-state index is 13.6. The maximum Gasteiger partial charge on any atom is 0.407 e. The van der Waals surface area contributed by atoms with Crippen LogP contribution in [0.5, 0.6) is 0 Å². The average Bonchev–Trinajstić information content (AvgIpc) is 4.00. The fourth-order valence-corrected chi connectivity index (χ4v) is 9.09. The van der Waals surface area contributed by atoms with Crippen LogP contribution in [0.15, 0.2) is 24.5 Å². The Labute approximate surface area is 319 Å². The molecule has 4 aromatic heterocycles. The number of likely N-dealkylation sites (tertiary alicyclic amines) is 2. The van der Waals surface area contributed by atoms with E-state index in [0.29, 0.717) is 24.7 Å². The molecule has 2 saturated heterocycles. The van der Waals surface area contributed by atoms with Crippen LogP contribution in [0.4, 0.5) is 9.59 Å². The summed E-state index contributed by atoms with van der Waals surface area (Å²) in [5.41, 5.74) is 3.21. The number of benzene rings is 1. The van der Waals surface area contributed by atoms with E-state index in [0.717, 1.165) is 67.5 Å². The van der Waals surface area contributed by atoms with Gasteiger partial charge in [0.15, 0.2) is 0 Å². The van der Waals surface area contributed by atoms with Gasteiger partial charge in [0, 0.05) is 13.1 Å². The summed E-state index contributed by atoms with van der Waals surface area (Å²) in [7, 11) is 2.57. The summed E-state index contributed by atoms with van der Waals surface area (Å²) in [6.07, 6.45) is 5.42. The van der Waals surface area contributed by atoms with Crippen molar-refractivity contribution in [1.82, 2.24) is 50.3 Å². The standard InChI is InChI=1S/C36H44N10O6S2/c1-17(2)27(43-35(49)51-5)33(47)45-11-7-9-23(45)29-37-15-21(39-29)31-41-19-13-26-20(14-25(19)53-31)42-32(54-26)22-16-38-30(40-22)24-10-8-12-46(24)34(48)28(18(3)4)44-36(50)52-6/h13-18,23-24,27-28H,7-12H2,1-6H3,(H,37,39)(H,38,40)(H,43,49)(H,44,50)/t23-,24-,27-,28?/m0/s1. The molecule has 0 saturated carbocycles. The second-order valence-electron chi connectivity index (χ2n) is 14.3. The predicted octanol–water partition coefficient (Wildman–Crippen LogP) is 5.77. The lowest BCUT2D eigenvalue weighted by atomic mass is 10.0. The monoisotopic (exact) mass is 776 g/mol. The highest BCUT2D eigenvalue weighted by atomic mass is 32.1. The molecule has 1 aromatic carbocycles. The van der Waals surface area contributed by atoms with Crippen LogP contribution < -0.4 is 10.6 Å². The Balaban J connectivity index is 1.07. The lowest BCUT2D eigenvalue weighted by Crippen LogP contribution is -2.51. The topological polar surface area (TPSA) is 200 Å². The number of nitrogens with zero attached hydrogens (tertiary/aromatic N) is 6. The van der Waals surface area contributed by atoms with Crippen molar-refractivity contribution < 1.29 is 28.7 Å². The molecule has 286 valence electrons. The SMILES string of the molecule is COC(=O)NC(C(=O)N1CCC[C@H]1c1ncc(-c2nc3cc4sc(-c5cnc([C@@H]6CCCN6C(=O)[C@@H](NC(=O)OC)C(C)C)[nH]5)nc4cc3s2)[nH]1)C(C)C. The Morgan fingerprint density at radius 3 is 1.50 bits per heavy atom. The Hall–Kier alpha value is -5.10. The molecular formula is C36H44N10O6S2. The Kier molecular flexibility index (Phi) is 10.6. The summed E-state index contributed by atoms with van der Waals surface area (Å²) >= 11 is 3.07. The number of nitrogens with one attached hydrogen (secondary N) is 4. The summed E-state index contributed by atoms with van der Waals surface area (Å²) in [5, 5.41) is 6.93. The van der Waals surface area contributed by atoms with E-state index in [2.05, 4.69) is 30.6 Å². The van der Waals surface area contributed by atoms with Crippen molar-refractivity contribution in [2.24, 2.45) is 11.8 Å². The minimum atomic E-state index is -0.704. The number of fused-ring (bicyclic) bond motifs is 2. The molecule has 1 unspecified atom stereocenters. The van der Waals surface area contributed by atoms with Crippen molar-refractivity contribution in [3.63, 3.8) is 0 Å². The molecule has 5 aromatic rings. The van der Waals surface area contributed by atoms with Gasteiger partial charge in [0.05, 0.1) is 70.5 Å². The number of aromatic amines is 2. The number of rotatable bonds is 10. The number of hydrogen-bond acceptors (Lipinski definition) is 12. The predicted molar refractivity (Wildman–Crippen MR) is 204 cm³/mol. The number of amides is 4. The summed E-state index contributed by atoms with van der Waals surface area (Å²) < 4.78 is 11.5. The van der Waals surface area contributed by atoms with Crippen LogP contribution in [-0.2, 0) is 19.1 Å². The highest BCUT2D eigenvalue weighted by Gasteiger charge is 2.39. The Bertz CT molecular complexity index is 1990. The van der Waals surface area contributed by atoms with Crippen molar-refractivity contribution in [3.05, 3.63) is 36.2 Å². The molecule has 0 bridgehead atoms. The summed E-state index contributed by atoms with van der Waals surface area (Å²) in [4.78, 5) is 80.6. The molecular weight excluding hydrogens is 733 g/mol. The van der Waals surface area contributed by atoms with E-state index in [1.54, 1.807) is 22.2 Å². The molecule has 18 heteroatoms. The average molecular weight is 777 g/mol. The first-order valence-corrected chi connectivity index (χ1v) is 19.7. The van der Waals surface area contributed by atoms with Crippen LogP contribution in [-0.4, -0.2) is 103 Å². The van der Waals surface area contributed by atoms with Gasteiger partial charge in [-0.1, -0.05) is 27.7 Å². The zero-order valence-electron chi connectivity index (χ0n) is 31.0. The van der Waals surface area contributed by atoms with E-state index in [1.165, 1.54) is 36.9 Å². The fraction of sp³-hybridized carbons (Fsp3) is 0.500. The molecule has 16 nitrogen and oxygen atoms in total. The number of carbonyl (C=O) groups is 4. The van der Waals surface area contributed by atoms with E-state index in [4.69, 9.17) is 19.4 Å². The maximum atomic E-state index is 13.6. The summed E-state index contributed by atoms with van der Waals surface area (Å²) in [6, 6.07) is 2.18. The largest absolute Gasteiger partial charge is 0.453 e. The zero-order chi connectivity index (χ0) is 38.3. The zero-order valence-corrected chi connectivity index (χ0v) is 32.6. The van der Waals surface area contributed by atoms with E-state index in [-0.39, 0.29) is 35.7 Å². The second-order valence-corrected chi connectivity index (χ2v) is 16.3. The van der Waals surface area contributed by atoms with Gasteiger partial charge in [-0.3, -0.25) is 9.59 Å². The minimum absolute atomic E-state index is 0.119. The van der Waals surface area contributed by atoms with Crippen molar-refractivity contribution >= 4 is 67.1 Å². The molecule has 6 heterocycles. The number of carbonyl (C=O) groups excluding carboxylic acids is 4. The number of ether oxygens (including phenoxy) is 2. The van der Waals surface area contributed by atoms with Gasteiger partial charge >= 0.3 is 12.2 Å². The third-order valence-electron chi connectivity index (χ3n) is 10.0. The van der Waals surface area contributed by atoms with E-state index in [1.807, 2.05) is 39.8 Å². The highest BCUT2D eigenvalue weighted by molar-refractivity contribution is 7.23. The Morgan fingerprint density at radius 1 is 0.722 bits per heavy atom. The van der Waals surface area contributed by atoms with E-state index in [9.17, 15) is 19.2 Å². The van der Waals surface area contributed by atoms with E-state index < -0.39 is 24.3 Å². The lowest BCUT2D eigenvalue weighted by molar-refractivity contribution is -0.136. The second kappa shape index (κ2) is 15.3. The van der Waals surface area contributed by atoms with Gasteiger partial charge in [-0.25, -0.2) is 29.5 Å². The van der Waals surface area contributed by atoms with Crippen LogP contribution in [0.2, 0.25) is 0 Å². The number of methoxy groups -OCH3 is 2. The molecule has 2 aliphatic heterocycles. The quantitative estimate of drug-likeness (QED) is 0.135. The number of thiazole rings is 2. The molecule has 2 aliphatic rings. The third-order valence-corrected chi connectivity index (χ3v) is 12.1. The van der Waals surface area contributed by atoms with Crippen LogP contribution in [0, 0.1) is 11.8 Å². The number of aromatic nitrogens is 6. The molecule has 4 amide bonds. The molecule has 4 N–H and O–H groups in total. The fourth-order valence-electron chi connectivity index (χ4n) is 7.19. The third kappa shape index (κ3) is 7.23. The van der Waals surface area contributed by atoms with Crippen LogP contribution in [0.3, 0.4) is 0 Å². The molecule has 0 spiro atoms. The van der Waals surface area contributed by atoms with Crippen LogP contribution in [0.25, 0.3) is 41.8 Å². The van der Waals surface area contributed by atoms with Crippen molar-refractivity contribution in [2.45, 2.75) is 77.5 Å². The lowest BCUT2D eigenvalue weighted by Gasteiger charge is -2.29. The van der Waals surface area contributed by atoms with Gasteiger partial charge in [-0.2, -0.15) is 0 Å². The first-order valence-electron chi connectivity index (χ1n) is 18.1. The van der Waals surface area contributed by atoms with Crippen molar-refractivity contribution in [2.75, 3.05) is 27.3 Å². The summed E-state index contributed by atoms with van der Waals surface area (Å²) in [5.74, 6) is 0.817. The number of H-pyrrole nitrogens is 2. The number of alkyl carbamates (subject to hydrolysis) is 2. The first-order chi connectivity index (χ1) is 25.9. The molecule has 4 atom stereocenters. The molecule has 2 fully saturated rings. The van der Waals surface area contributed by atoms with Gasteiger partial charge < -0.3 is 39.9 Å². The summed E-state index contributed by atoms with van der Waals surface area (Å²) in [6.45, 7) is 8.72. The molecule has 0 aliphatic carbocycles. The normalized spacial score (nSPS) is 18.5. The smallest absolute Gasteiger partial charge is 0.407 e. The van der Waals surface area contributed by atoms with Gasteiger partial charge in [0.1, 0.15) is 33.7 Å². The number of imidazole rings is 2. The van der Waals surface area contributed by atoms with Gasteiger partial charge in [-0.05, 0) is 49.7 Å². The van der Waals surface area contributed by atoms with Gasteiger partial charge in [0.25, 0.3) is 0 Å². The van der Waals surface area contributed by atoms with Crippen molar-refractivity contribution in [1.29, 1.82) is 0 Å². The highest BCUT2D eigenvalue weighted by Crippen LogP contribution is 2.39. The van der Waals surface area contributed by atoms with Crippen LogP contribution >= 0.6 is 22.7 Å². The molecule has 54 heavy (non-hydrogen) atoms. The number of hydrogen-bond donors (Lipinski definition) is 4. The Morgan fingerprint density at radius 2 is 1.13 bits per heavy atom. The minimum Gasteiger partial charge on any atom is -0.453 e. The van der Waals surface area contributed by atoms with Crippen molar-refractivity contribution in [3.8, 4) is 21.4 Å². The van der Waals surface area contributed by atoms with Crippen LogP contribution in [0.1, 0.15) is 77.1 Å². The van der Waals surface area contributed by atoms with E-state index >= 15 is 0 Å². The molecule has 0 radical (unpaired) electrons. The van der Waals surface area contributed by atoms with Gasteiger partial charge in [0.2, 0.25) is 11.8 Å². The van der Waals surface area contributed by atoms with Gasteiger partial charge in [-0.15, -0.1) is 22.7 Å². The molecule has 7 rings (SSSR count). The first kappa shape index (κ1) is 37.2.